The second-order valence-electron chi connectivity index (χ2n) is 3.71. The zero-order valence-electron chi connectivity index (χ0n) is 9.56. The molecule has 4 nitrogen and oxygen atoms in total. The van der Waals surface area contributed by atoms with Crippen LogP contribution < -0.4 is 10.1 Å². The molecule has 0 spiro atoms. The lowest BCUT2D eigenvalue weighted by atomic mass is 10.3. The van der Waals surface area contributed by atoms with Crippen LogP contribution in [0.2, 0.25) is 0 Å². The number of benzene rings is 1. The van der Waals surface area contributed by atoms with Gasteiger partial charge in [-0.05, 0) is 38.1 Å². The first-order valence-electron chi connectivity index (χ1n) is 5.29. The van der Waals surface area contributed by atoms with E-state index in [9.17, 15) is 4.79 Å². The van der Waals surface area contributed by atoms with Crippen LogP contribution >= 0.6 is 0 Å². The molecular formula is C12H17NO3. The molecule has 0 fully saturated rings. The zero-order valence-corrected chi connectivity index (χ0v) is 9.56. The summed E-state index contributed by atoms with van der Waals surface area (Å²) >= 11 is 0. The smallest absolute Gasteiger partial charge is 0.226 e. The normalized spacial score (nSPS) is 10.2. The van der Waals surface area contributed by atoms with Crippen molar-refractivity contribution < 1.29 is 14.6 Å². The number of carbonyl (C=O) groups excluding carboxylic acids is 1. The lowest BCUT2D eigenvalue weighted by Crippen LogP contribution is -2.12. The minimum atomic E-state index is -0.194. The number of rotatable bonds is 5. The molecule has 0 unspecified atom stereocenters. The van der Waals surface area contributed by atoms with Gasteiger partial charge in [-0.15, -0.1) is 0 Å². The Morgan fingerprint density at radius 2 is 2.00 bits per heavy atom. The van der Waals surface area contributed by atoms with Gasteiger partial charge in [0.25, 0.3) is 0 Å². The third kappa shape index (κ3) is 4.31. The lowest BCUT2D eigenvalue weighted by Gasteiger charge is -2.10. The number of hydrogen-bond donors (Lipinski definition) is 2. The van der Waals surface area contributed by atoms with Gasteiger partial charge in [-0.2, -0.15) is 0 Å². The zero-order chi connectivity index (χ0) is 12.0. The Morgan fingerprint density at radius 1 is 1.38 bits per heavy atom. The molecule has 0 aliphatic rings. The van der Waals surface area contributed by atoms with Crippen molar-refractivity contribution in [3.05, 3.63) is 24.3 Å². The van der Waals surface area contributed by atoms with Gasteiger partial charge in [-0.3, -0.25) is 4.79 Å². The Bertz CT molecular complexity index is 333. The van der Waals surface area contributed by atoms with Crippen molar-refractivity contribution in [2.45, 2.75) is 26.4 Å². The van der Waals surface area contributed by atoms with E-state index in [1.54, 1.807) is 24.3 Å². The van der Waals surface area contributed by atoms with Crippen molar-refractivity contribution in [1.82, 2.24) is 0 Å². The van der Waals surface area contributed by atoms with Gasteiger partial charge in [0.1, 0.15) is 5.75 Å². The summed E-state index contributed by atoms with van der Waals surface area (Å²) in [5.74, 6) is 0.579. The van der Waals surface area contributed by atoms with E-state index in [2.05, 4.69) is 5.32 Å². The summed E-state index contributed by atoms with van der Waals surface area (Å²) in [6, 6.07) is 7.14. The molecule has 0 bridgehead atoms. The predicted octanol–water partition coefficient (Wildman–Crippen LogP) is 1.79. The third-order valence-electron chi connectivity index (χ3n) is 1.85. The van der Waals surface area contributed by atoms with Crippen LogP contribution in [0.3, 0.4) is 0 Å². The first-order valence-corrected chi connectivity index (χ1v) is 5.29. The van der Waals surface area contributed by atoms with E-state index >= 15 is 0 Å². The van der Waals surface area contributed by atoms with Crippen LogP contribution in [0.5, 0.6) is 5.75 Å². The van der Waals surface area contributed by atoms with Gasteiger partial charge >= 0.3 is 0 Å². The fourth-order valence-corrected chi connectivity index (χ4v) is 1.21. The van der Waals surface area contributed by atoms with Crippen LogP contribution in [0.25, 0.3) is 0 Å². The van der Waals surface area contributed by atoms with Crippen molar-refractivity contribution in [3.8, 4) is 5.75 Å². The summed E-state index contributed by atoms with van der Waals surface area (Å²) in [7, 11) is 0. The van der Waals surface area contributed by atoms with Gasteiger partial charge in [0.05, 0.1) is 19.1 Å². The molecule has 2 N–H and O–H groups in total. The quantitative estimate of drug-likeness (QED) is 0.800. The molecule has 1 amide bonds. The van der Waals surface area contributed by atoms with Crippen LogP contribution in [-0.4, -0.2) is 23.7 Å². The van der Waals surface area contributed by atoms with Gasteiger partial charge in [-0.25, -0.2) is 0 Å². The molecule has 0 aliphatic heterocycles. The SMILES string of the molecule is CC(C)Oc1ccc(NC(=O)CCO)cc1. The molecule has 1 aromatic rings. The van der Waals surface area contributed by atoms with Crippen LogP contribution in [0.15, 0.2) is 24.3 Å². The maximum Gasteiger partial charge on any atom is 0.226 e. The monoisotopic (exact) mass is 223 g/mol. The molecule has 1 rings (SSSR count). The molecule has 1 aromatic carbocycles. The third-order valence-corrected chi connectivity index (χ3v) is 1.85. The van der Waals surface area contributed by atoms with E-state index in [1.165, 1.54) is 0 Å². The highest BCUT2D eigenvalue weighted by Gasteiger charge is 2.02. The highest BCUT2D eigenvalue weighted by molar-refractivity contribution is 5.90. The summed E-state index contributed by atoms with van der Waals surface area (Å²) in [4.78, 5) is 11.2. The Morgan fingerprint density at radius 3 is 2.50 bits per heavy atom. The van der Waals surface area contributed by atoms with Crippen LogP contribution in [0.1, 0.15) is 20.3 Å². The van der Waals surface area contributed by atoms with Crippen LogP contribution in [-0.2, 0) is 4.79 Å². The standard InChI is InChI=1S/C12H17NO3/c1-9(2)16-11-5-3-10(4-6-11)13-12(15)7-8-14/h3-6,9,14H,7-8H2,1-2H3,(H,13,15). The number of hydrogen-bond acceptors (Lipinski definition) is 3. The molecule has 0 aliphatic carbocycles. The summed E-state index contributed by atoms with van der Waals surface area (Å²) < 4.78 is 5.47. The fourth-order valence-electron chi connectivity index (χ4n) is 1.21. The van der Waals surface area contributed by atoms with Crippen LogP contribution in [0.4, 0.5) is 5.69 Å². The van der Waals surface area contributed by atoms with Crippen LogP contribution in [0, 0.1) is 0 Å². The van der Waals surface area contributed by atoms with E-state index in [4.69, 9.17) is 9.84 Å². The highest BCUT2D eigenvalue weighted by atomic mass is 16.5. The number of amides is 1. The summed E-state index contributed by atoms with van der Waals surface area (Å²) in [6.45, 7) is 3.77. The lowest BCUT2D eigenvalue weighted by molar-refractivity contribution is -0.116. The topological polar surface area (TPSA) is 58.6 Å². The van der Waals surface area contributed by atoms with Gasteiger partial charge in [0.15, 0.2) is 0 Å². The largest absolute Gasteiger partial charge is 0.491 e. The fraction of sp³-hybridized carbons (Fsp3) is 0.417. The molecule has 0 radical (unpaired) electrons. The first kappa shape index (κ1) is 12.5. The predicted molar refractivity (Wildman–Crippen MR) is 62.5 cm³/mol. The molecular weight excluding hydrogens is 206 g/mol. The number of ether oxygens (including phenoxy) is 1. The number of anilines is 1. The Labute approximate surface area is 95.2 Å². The maximum atomic E-state index is 11.2. The average molecular weight is 223 g/mol. The number of carbonyl (C=O) groups is 1. The minimum absolute atomic E-state index is 0.115. The average Bonchev–Trinajstić information content (AvgIpc) is 2.20. The molecule has 0 heterocycles. The van der Waals surface area contributed by atoms with Gasteiger partial charge in [0, 0.05) is 5.69 Å². The van der Waals surface area contributed by atoms with Gasteiger partial charge < -0.3 is 15.2 Å². The van der Waals surface area contributed by atoms with E-state index in [1.807, 2.05) is 13.8 Å². The number of aliphatic hydroxyl groups excluding tert-OH is 1. The van der Waals surface area contributed by atoms with Gasteiger partial charge in [0.2, 0.25) is 5.91 Å². The Kier molecular flexibility index (Phi) is 4.79. The molecule has 16 heavy (non-hydrogen) atoms. The van der Waals surface area contributed by atoms with Crippen molar-refractivity contribution >= 4 is 11.6 Å². The maximum absolute atomic E-state index is 11.2. The van der Waals surface area contributed by atoms with Crippen molar-refractivity contribution in [2.24, 2.45) is 0 Å². The summed E-state index contributed by atoms with van der Waals surface area (Å²) in [5.41, 5.74) is 0.703. The molecule has 88 valence electrons. The van der Waals surface area contributed by atoms with E-state index < -0.39 is 0 Å². The van der Waals surface area contributed by atoms with E-state index in [0.717, 1.165) is 5.75 Å². The number of nitrogens with one attached hydrogen (secondary N) is 1. The molecule has 0 saturated carbocycles. The van der Waals surface area contributed by atoms with Crippen molar-refractivity contribution in [2.75, 3.05) is 11.9 Å². The van der Waals surface area contributed by atoms with E-state index in [-0.39, 0.29) is 25.0 Å². The Balaban J connectivity index is 2.54. The first-order chi connectivity index (χ1) is 7.61. The van der Waals surface area contributed by atoms with E-state index in [0.29, 0.717) is 5.69 Å². The molecule has 0 atom stereocenters. The number of aliphatic hydroxyl groups is 1. The molecule has 0 aromatic heterocycles. The van der Waals surface area contributed by atoms with Crippen molar-refractivity contribution in [3.63, 3.8) is 0 Å². The summed E-state index contributed by atoms with van der Waals surface area (Å²) in [6.07, 6.45) is 0.249. The second kappa shape index (κ2) is 6.12. The summed E-state index contributed by atoms with van der Waals surface area (Å²) in [5, 5.41) is 11.2. The second-order valence-corrected chi connectivity index (χ2v) is 3.71. The highest BCUT2D eigenvalue weighted by Crippen LogP contribution is 2.16. The molecule has 4 heteroatoms. The Hall–Kier alpha value is -1.55. The van der Waals surface area contributed by atoms with Gasteiger partial charge in [-0.1, -0.05) is 0 Å². The minimum Gasteiger partial charge on any atom is -0.491 e. The van der Waals surface area contributed by atoms with Crippen molar-refractivity contribution in [1.29, 1.82) is 0 Å². The molecule has 0 saturated heterocycles.